The van der Waals surface area contributed by atoms with Crippen molar-refractivity contribution in [3.05, 3.63) is 77.9 Å². The Morgan fingerprint density at radius 3 is 1.71 bits per heavy atom. The van der Waals surface area contributed by atoms with E-state index in [0.717, 1.165) is 0 Å². The van der Waals surface area contributed by atoms with Crippen molar-refractivity contribution in [2.75, 3.05) is 0 Å². The van der Waals surface area contributed by atoms with Crippen LogP contribution in [0.1, 0.15) is 11.1 Å². The first-order valence-electron chi connectivity index (χ1n) is 7.23. The third-order valence-corrected chi connectivity index (χ3v) is 3.96. The number of hydrogen-bond acceptors (Lipinski definition) is 0. The summed E-state index contributed by atoms with van der Waals surface area (Å²) in [5, 5.41) is 2.60. The van der Waals surface area contributed by atoms with Gasteiger partial charge in [-0.2, -0.15) is 0 Å². The maximum Gasteiger partial charge on any atom is 0.0541 e. The summed E-state index contributed by atoms with van der Waals surface area (Å²) >= 11 is 0. The van der Waals surface area contributed by atoms with Gasteiger partial charge in [-0.1, -0.05) is 36.4 Å². The van der Waals surface area contributed by atoms with Crippen molar-refractivity contribution in [3.63, 3.8) is 0 Å². The molecular weight excluding hydrogens is 254 g/mol. The largest absolute Gasteiger partial charge is 0.309 e. The highest BCUT2D eigenvalue weighted by atomic mass is 15.0. The third kappa shape index (κ3) is 1.85. The molecule has 0 amide bonds. The summed E-state index contributed by atoms with van der Waals surface area (Å²) < 4.78 is 2.35. The second-order valence-electron chi connectivity index (χ2n) is 5.57. The molecule has 0 saturated carbocycles. The quantitative estimate of drug-likeness (QED) is 0.448. The van der Waals surface area contributed by atoms with E-state index in [0.29, 0.717) is 0 Å². The van der Waals surface area contributed by atoms with E-state index in [1.807, 2.05) is 0 Å². The number of hydrogen-bond donors (Lipinski definition) is 0. The van der Waals surface area contributed by atoms with Crippen molar-refractivity contribution in [2.45, 2.75) is 13.8 Å². The topological polar surface area (TPSA) is 4.93 Å². The summed E-state index contributed by atoms with van der Waals surface area (Å²) in [5.74, 6) is 0. The molecule has 1 radical (unpaired) electrons. The SMILES string of the molecule is Cc1[c]c(C)cc(-n2c3ccccc3c3ccccc32)c1. The molecule has 1 nitrogen and oxygen atoms in total. The lowest BCUT2D eigenvalue weighted by Gasteiger charge is -2.09. The van der Waals surface area contributed by atoms with Gasteiger partial charge in [0.05, 0.1) is 11.0 Å². The van der Waals surface area contributed by atoms with Gasteiger partial charge >= 0.3 is 0 Å². The number of fused-ring (bicyclic) bond motifs is 3. The van der Waals surface area contributed by atoms with Crippen molar-refractivity contribution in [3.8, 4) is 5.69 Å². The third-order valence-electron chi connectivity index (χ3n) is 3.96. The maximum absolute atomic E-state index is 3.36. The van der Waals surface area contributed by atoms with E-state index in [1.165, 1.54) is 38.6 Å². The molecule has 0 fully saturated rings. The highest BCUT2D eigenvalue weighted by Crippen LogP contribution is 2.32. The van der Waals surface area contributed by atoms with E-state index in [9.17, 15) is 0 Å². The molecule has 101 valence electrons. The smallest absolute Gasteiger partial charge is 0.0541 e. The lowest BCUT2D eigenvalue weighted by Crippen LogP contribution is -1.95. The van der Waals surface area contributed by atoms with Gasteiger partial charge in [-0.15, -0.1) is 0 Å². The molecule has 0 aliphatic carbocycles. The zero-order chi connectivity index (χ0) is 14.4. The van der Waals surface area contributed by atoms with E-state index >= 15 is 0 Å². The number of para-hydroxylation sites is 2. The van der Waals surface area contributed by atoms with E-state index in [1.54, 1.807) is 0 Å². The van der Waals surface area contributed by atoms with Crippen LogP contribution in [0.15, 0.2) is 60.7 Å². The van der Waals surface area contributed by atoms with Gasteiger partial charge in [0.15, 0.2) is 0 Å². The lowest BCUT2D eigenvalue weighted by atomic mass is 10.1. The summed E-state index contributed by atoms with van der Waals surface area (Å²) in [6.45, 7) is 4.20. The van der Waals surface area contributed by atoms with Crippen LogP contribution in [0.5, 0.6) is 0 Å². The predicted molar refractivity (Wildman–Crippen MR) is 89.1 cm³/mol. The Labute approximate surface area is 124 Å². The van der Waals surface area contributed by atoms with Crippen molar-refractivity contribution in [2.24, 2.45) is 0 Å². The maximum atomic E-state index is 3.36. The van der Waals surface area contributed by atoms with E-state index in [2.05, 4.69) is 85.1 Å². The van der Waals surface area contributed by atoms with Crippen molar-refractivity contribution >= 4 is 21.8 Å². The fraction of sp³-hybridized carbons (Fsp3) is 0.100. The molecule has 0 unspecified atom stereocenters. The molecular formula is C20H16N. The number of aromatic nitrogens is 1. The van der Waals surface area contributed by atoms with Gasteiger partial charge in [-0.05, 0) is 55.3 Å². The minimum atomic E-state index is 1.17. The summed E-state index contributed by atoms with van der Waals surface area (Å²) in [4.78, 5) is 0. The predicted octanol–water partition coefficient (Wildman–Crippen LogP) is 5.20. The van der Waals surface area contributed by atoms with Crippen LogP contribution in [0.25, 0.3) is 27.5 Å². The Bertz CT molecular complexity index is 887. The van der Waals surface area contributed by atoms with Gasteiger partial charge in [0.2, 0.25) is 0 Å². The summed E-state index contributed by atoms with van der Waals surface area (Å²) in [6, 6.07) is 25.0. The average molecular weight is 270 g/mol. The normalized spacial score (nSPS) is 11.3. The summed E-state index contributed by atoms with van der Waals surface area (Å²) in [5.41, 5.74) is 6.06. The van der Waals surface area contributed by atoms with Gasteiger partial charge in [-0.3, -0.25) is 0 Å². The van der Waals surface area contributed by atoms with Crippen LogP contribution in [0, 0.1) is 19.9 Å². The molecule has 3 aromatic carbocycles. The Morgan fingerprint density at radius 1 is 0.714 bits per heavy atom. The summed E-state index contributed by atoms with van der Waals surface area (Å²) in [7, 11) is 0. The first-order chi connectivity index (χ1) is 10.2. The Morgan fingerprint density at radius 2 is 1.19 bits per heavy atom. The minimum Gasteiger partial charge on any atom is -0.309 e. The van der Waals surface area contributed by atoms with Gasteiger partial charge in [0, 0.05) is 16.5 Å². The monoisotopic (exact) mass is 270 g/mol. The van der Waals surface area contributed by atoms with Crippen LogP contribution in [-0.4, -0.2) is 4.57 Å². The van der Waals surface area contributed by atoms with Crippen molar-refractivity contribution in [1.29, 1.82) is 0 Å². The number of nitrogens with zero attached hydrogens (tertiary/aromatic N) is 1. The highest BCUT2D eigenvalue weighted by Gasteiger charge is 2.11. The first-order valence-corrected chi connectivity index (χ1v) is 7.23. The van der Waals surface area contributed by atoms with E-state index < -0.39 is 0 Å². The van der Waals surface area contributed by atoms with Crippen LogP contribution < -0.4 is 0 Å². The molecule has 0 aliphatic rings. The molecule has 0 aliphatic heterocycles. The average Bonchev–Trinajstić information content (AvgIpc) is 2.81. The second-order valence-corrected chi connectivity index (χ2v) is 5.57. The lowest BCUT2D eigenvalue weighted by molar-refractivity contribution is 1.16. The van der Waals surface area contributed by atoms with Crippen molar-refractivity contribution < 1.29 is 0 Å². The van der Waals surface area contributed by atoms with Crippen LogP contribution in [-0.2, 0) is 0 Å². The Balaban J connectivity index is 2.20. The van der Waals surface area contributed by atoms with Gasteiger partial charge in [0.1, 0.15) is 0 Å². The zero-order valence-electron chi connectivity index (χ0n) is 12.2. The van der Waals surface area contributed by atoms with Crippen LogP contribution >= 0.6 is 0 Å². The van der Waals surface area contributed by atoms with E-state index in [4.69, 9.17) is 0 Å². The van der Waals surface area contributed by atoms with Gasteiger partial charge in [-0.25, -0.2) is 0 Å². The Hall–Kier alpha value is -2.54. The first kappa shape index (κ1) is 12.2. The second kappa shape index (κ2) is 4.49. The molecule has 0 N–H and O–H groups in total. The molecule has 4 aromatic rings. The van der Waals surface area contributed by atoms with E-state index in [-0.39, 0.29) is 0 Å². The fourth-order valence-electron chi connectivity index (χ4n) is 3.20. The fourth-order valence-corrected chi connectivity index (χ4v) is 3.20. The molecule has 0 saturated heterocycles. The standard InChI is InChI=1S/C20H16N/c1-14-11-15(2)13-16(12-14)21-19-9-5-3-7-17(19)18-8-4-6-10-20(18)21/h3-10,12-13H,1-2H3. The molecule has 4 rings (SSSR count). The number of benzene rings is 3. The molecule has 0 atom stereocenters. The Kier molecular flexibility index (Phi) is 2.61. The number of aryl methyl sites for hydroxylation is 2. The minimum absolute atomic E-state index is 1.17. The molecule has 21 heavy (non-hydrogen) atoms. The van der Waals surface area contributed by atoms with Crippen LogP contribution in [0.3, 0.4) is 0 Å². The molecule has 1 heterocycles. The summed E-state index contributed by atoms with van der Waals surface area (Å²) in [6.07, 6.45) is 0. The molecule has 0 bridgehead atoms. The highest BCUT2D eigenvalue weighted by molar-refractivity contribution is 6.09. The number of rotatable bonds is 1. The zero-order valence-corrected chi connectivity index (χ0v) is 12.2. The molecule has 0 spiro atoms. The van der Waals surface area contributed by atoms with Gasteiger partial charge < -0.3 is 4.57 Å². The van der Waals surface area contributed by atoms with Gasteiger partial charge in [0.25, 0.3) is 0 Å². The molecule has 1 aromatic heterocycles. The van der Waals surface area contributed by atoms with Crippen LogP contribution in [0.4, 0.5) is 0 Å². The van der Waals surface area contributed by atoms with Crippen LogP contribution in [0.2, 0.25) is 0 Å². The molecule has 1 heteroatoms. The van der Waals surface area contributed by atoms with Crippen molar-refractivity contribution in [1.82, 2.24) is 4.57 Å².